The molecule has 0 saturated carbocycles. The summed E-state index contributed by atoms with van der Waals surface area (Å²) in [6.07, 6.45) is 1.63. The topological polar surface area (TPSA) is 119 Å². The second kappa shape index (κ2) is 10.3. The van der Waals surface area contributed by atoms with Gasteiger partial charge in [0.25, 0.3) is 5.95 Å². The van der Waals surface area contributed by atoms with E-state index in [-0.39, 0.29) is 17.6 Å². The van der Waals surface area contributed by atoms with Crippen LogP contribution in [0.25, 0.3) is 0 Å². The van der Waals surface area contributed by atoms with Crippen molar-refractivity contribution >= 4 is 35.5 Å². The molecule has 0 saturated heterocycles. The van der Waals surface area contributed by atoms with Crippen LogP contribution in [0.15, 0.2) is 58.8 Å². The fourth-order valence-electron chi connectivity index (χ4n) is 2.40. The number of benzene rings is 2. The summed E-state index contributed by atoms with van der Waals surface area (Å²) in [5.41, 5.74) is 5.50. The van der Waals surface area contributed by atoms with Gasteiger partial charge in [0.05, 0.1) is 18.6 Å². The van der Waals surface area contributed by atoms with Gasteiger partial charge in [-0.3, -0.25) is 4.79 Å². The molecule has 1 aromatic heterocycles. The second-order valence-corrected chi connectivity index (χ2v) is 7.19. The molecule has 10 heteroatoms. The van der Waals surface area contributed by atoms with E-state index in [1.165, 1.54) is 16.4 Å². The van der Waals surface area contributed by atoms with Gasteiger partial charge in [0.15, 0.2) is 0 Å². The van der Waals surface area contributed by atoms with Gasteiger partial charge >= 0.3 is 0 Å². The minimum absolute atomic E-state index is 0.151. The first-order valence-corrected chi connectivity index (χ1v) is 10.3. The van der Waals surface area contributed by atoms with Crippen LogP contribution in [0.5, 0.6) is 5.75 Å². The van der Waals surface area contributed by atoms with Crippen LogP contribution in [-0.2, 0) is 4.79 Å². The lowest BCUT2D eigenvalue weighted by Crippen LogP contribution is -2.16. The van der Waals surface area contributed by atoms with Crippen LogP contribution in [0.3, 0.4) is 0 Å². The van der Waals surface area contributed by atoms with Crippen molar-refractivity contribution in [3.05, 3.63) is 59.7 Å². The Hall–Kier alpha value is -3.53. The normalized spacial score (nSPS) is 10.9. The van der Waals surface area contributed by atoms with Crippen molar-refractivity contribution in [2.45, 2.75) is 19.0 Å². The largest absolute Gasteiger partial charge is 0.494 e. The fourth-order valence-corrected chi connectivity index (χ4v) is 3.05. The van der Waals surface area contributed by atoms with Crippen molar-refractivity contribution in [3.63, 3.8) is 0 Å². The van der Waals surface area contributed by atoms with E-state index in [0.29, 0.717) is 11.8 Å². The van der Waals surface area contributed by atoms with Gasteiger partial charge in [0.2, 0.25) is 11.1 Å². The maximum absolute atomic E-state index is 12.1. The summed E-state index contributed by atoms with van der Waals surface area (Å²) < 4.78 is 6.65. The second-order valence-electron chi connectivity index (χ2n) is 6.25. The maximum Gasteiger partial charge on any atom is 0.264 e. The molecular formula is C20H23N7O2S. The highest BCUT2D eigenvalue weighted by Crippen LogP contribution is 2.17. The number of aryl methyl sites for hydroxylation is 1. The first kappa shape index (κ1) is 21.2. The number of nitrogen functional groups attached to an aromatic ring is 1. The summed E-state index contributed by atoms with van der Waals surface area (Å²) >= 11 is 1.18. The molecule has 0 unspecified atom stereocenters. The van der Waals surface area contributed by atoms with Crippen LogP contribution >= 0.6 is 11.8 Å². The van der Waals surface area contributed by atoms with Crippen LogP contribution in [-0.4, -0.2) is 39.4 Å². The number of nitrogens with one attached hydrogen (secondary N) is 2. The Morgan fingerprint density at radius 3 is 2.63 bits per heavy atom. The predicted octanol–water partition coefficient (Wildman–Crippen LogP) is 2.88. The van der Waals surface area contributed by atoms with E-state index < -0.39 is 0 Å². The Kier molecular flexibility index (Phi) is 7.28. The Morgan fingerprint density at radius 1 is 1.20 bits per heavy atom. The molecule has 0 fully saturated rings. The highest BCUT2D eigenvalue weighted by molar-refractivity contribution is 7.99. The number of thioether (sulfide) groups is 1. The molecular weight excluding hydrogens is 402 g/mol. The lowest BCUT2D eigenvalue weighted by Gasteiger charge is -2.05. The van der Waals surface area contributed by atoms with Crippen LogP contribution in [0.1, 0.15) is 18.1 Å². The van der Waals surface area contributed by atoms with E-state index in [0.717, 1.165) is 22.6 Å². The molecule has 0 bridgehead atoms. The molecule has 3 rings (SSSR count). The Balaban J connectivity index is 1.50. The van der Waals surface area contributed by atoms with Crippen LogP contribution in [0.2, 0.25) is 0 Å². The third-order valence-electron chi connectivity index (χ3n) is 3.90. The molecule has 9 nitrogen and oxygen atoms in total. The van der Waals surface area contributed by atoms with Crippen LogP contribution in [0, 0.1) is 6.92 Å². The lowest BCUT2D eigenvalue weighted by atomic mass is 10.2. The number of anilines is 2. The Morgan fingerprint density at radius 2 is 1.93 bits per heavy atom. The van der Waals surface area contributed by atoms with Gasteiger partial charge in [-0.15, -0.1) is 10.2 Å². The molecule has 0 atom stereocenters. The van der Waals surface area contributed by atoms with Crippen molar-refractivity contribution in [1.29, 1.82) is 0 Å². The van der Waals surface area contributed by atoms with Gasteiger partial charge in [-0.05, 0) is 55.8 Å². The van der Waals surface area contributed by atoms with E-state index in [9.17, 15) is 4.79 Å². The quantitative estimate of drug-likeness (QED) is 0.209. The van der Waals surface area contributed by atoms with E-state index in [1.54, 1.807) is 6.21 Å². The van der Waals surface area contributed by atoms with E-state index >= 15 is 0 Å². The molecule has 0 aliphatic heterocycles. The number of aromatic nitrogens is 3. The molecule has 4 N–H and O–H groups in total. The highest BCUT2D eigenvalue weighted by Gasteiger charge is 2.12. The van der Waals surface area contributed by atoms with Crippen molar-refractivity contribution in [2.75, 3.05) is 28.9 Å². The SMILES string of the molecule is CCOc1ccc(/C=N/Nc2nnc(SCC(=O)Nc3ccc(C)cc3)n2N)cc1. The minimum Gasteiger partial charge on any atom is -0.494 e. The monoisotopic (exact) mass is 425 g/mol. The van der Waals surface area contributed by atoms with E-state index in [1.807, 2.05) is 62.4 Å². The number of nitrogens with zero attached hydrogens (tertiary/aromatic N) is 4. The number of hydrazone groups is 1. The molecule has 2 aromatic carbocycles. The summed E-state index contributed by atoms with van der Waals surface area (Å²) in [6.45, 7) is 4.55. The van der Waals surface area contributed by atoms with Gasteiger partial charge in [-0.1, -0.05) is 29.5 Å². The number of hydrogen-bond acceptors (Lipinski definition) is 8. The number of carbonyl (C=O) groups excluding carboxylic acids is 1. The van der Waals surface area contributed by atoms with Crippen LogP contribution < -0.4 is 21.3 Å². The number of rotatable bonds is 9. The van der Waals surface area contributed by atoms with Crippen molar-refractivity contribution in [3.8, 4) is 5.75 Å². The van der Waals surface area contributed by atoms with Crippen molar-refractivity contribution in [1.82, 2.24) is 14.9 Å². The van der Waals surface area contributed by atoms with Crippen molar-refractivity contribution < 1.29 is 9.53 Å². The molecule has 0 aliphatic carbocycles. The van der Waals surface area contributed by atoms with E-state index in [2.05, 4.69) is 26.0 Å². The molecule has 1 heterocycles. The summed E-state index contributed by atoms with van der Waals surface area (Å²) in [5, 5.41) is 15.3. The molecule has 0 spiro atoms. The van der Waals surface area contributed by atoms with Gasteiger partial charge in [0.1, 0.15) is 5.75 Å². The van der Waals surface area contributed by atoms with Gasteiger partial charge in [-0.25, -0.2) is 10.1 Å². The number of hydrogen-bond donors (Lipinski definition) is 3. The number of carbonyl (C=O) groups is 1. The smallest absolute Gasteiger partial charge is 0.264 e. The third kappa shape index (κ3) is 5.98. The molecule has 0 radical (unpaired) electrons. The number of nitrogens with two attached hydrogens (primary N) is 1. The lowest BCUT2D eigenvalue weighted by molar-refractivity contribution is -0.113. The molecule has 1 amide bonds. The van der Waals surface area contributed by atoms with Crippen LogP contribution in [0.4, 0.5) is 11.6 Å². The summed E-state index contributed by atoms with van der Waals surface area (Å²) in [5.74, 6) is 7.04. The standard InChI is InChI=1S/C20H23N7O2S/c1-3-29-17-10-6-15(7-11-17)12-22-24-19-25-26-20(27(19)21)30-13-18(28)23-16-8-4-14(2)5-9-16/h4-12H,3,13,21H2,1-2H3,(H,23,28)(H,24,25)/b22-12+. The fraction of sp³-hybridized carbons (Fsp3) is 0.200. The Labute approximate surface area is 178 Å². The molecule has 3 aromatic rings. The van der Waals surface area contributed by atoms with Gasteiger partial charge in [0, 0.05) is 5.69 Å². The molecule has 30 heavy (non-hydrogen) atoms. The van der Waals surface area contributed by atoms with Crippen molar-refractivity contribution in [2.24, 2.45) is 5.10 Å². The molecule has 0 aliphatic rings. The predicted molar refractivity (Wildman–Crippen MR) is 120 cm³/mol. The number of ether oxygens (including phenoxy) is 1. The van der Waals surface area contributed by atoms with Gasteiger partial charge in [-0.2, -0.15) is 5.10 Å². The average Bonchev–Trinajstić information content (AvgIpc) is 3.09. The zero-order valence-corrected chi connectivity index (χ0v) is 17.5. The minimum atomic E-state index is -0.158. The zero-order chi connectivity index (χ0) is 21.3. The summed E-state index contributed by atoms with van der Waals surface area (Å²) in [4.78, 5) is 12.1. The Bertz CT molecular complexity index is 1000. The average molecular weight is 426 g/mol. The van der Waals surface area contributed by atoms with Gasteiger partial charge < -0.3 is 15.9 Å². The summed E-state index contributed by atoms with van der Waals surface area (Å²) in [7, 11) is 0. The first-order valence-electron chi connectivity index (χ1n) is 9.27. The first-order chi connectivity index (χ1) is 14.5. The van der Waals surface area contributed by atoms with E-state index in [4.69, 9.17) is 10.6 Å². The highest BCUT2D eigenvalue weighted by atomic mass is 32.2. The number of amides is 1. The summed E-state index contributed by atoms with van der Waals surface area (Å²) in [6, 6.07) is 15.1. The molecule has 156 valence electrons. The maximum atomic E-state index is 12.1. The third-order valence-corrected chi connectivity index (χ3v) is 4.84. The zero-order valence-electron chi connectivity index (χ0n) is 16.7.